The van der Waals surface area contributed by atoms with Crippen LogP contribution >= 0.6 is 0 Å². The summed E-state index contributed by atoms with van der Waals surface area (Å²) in [5.74, 6) is -0.181. The Hall–Kier alpha value is -4.34. The summed E-state index contributed by atoms with van der Waals surface area (Å²) < 4.78 is 2.10. The van der Waals surface area contributed by atoms with Crippen molar-refractivity contribution in [2.45, 2.75) is 25.1 Å². The van der Waals surface area contributed by atoms with Gasteiger partial charge in [-0.15, -0.1) is 0 Å². The zero-order valence-corrected chi connectivity index (χ0v) is 21.3. The third-order valence-corrected chi connectivity index (χ3v) is 7.24. The van der Waals surface area contributed by atoms with Gasteiger partial charge in [-0.3, -0.25) is 24.6 Å². The quantitative estimate of drug-likeness (QED) is 0.329. The first-order valence-corrected chi connectivity index (χ1v) is 12.7. The van der Waals surface area contributed by atoms with E-state index in [-0.39, 0.29) is 11.9 Å². The molecule has 9 heteroatoms. The zero-order chi connectivity index (χ0) is 26.2. The number of aliphatic hydroxyl groups is 1. The third kappa shape index (κ3) is 4.57. The summed E-state index contributed by atoms with van der Waals surface area (Å²) in [4.78, 5) is 28.6. The van der Waals surface area contributed by atoms with Gasteiger partial charge in [0.15, 0.2) is 0 Å². The van der Waals surface area contributed by atoms with Gasteiger partial charge in [0.1, 0.15) is 6.23 Å². The van der Waals surface area contributed by atoms with Gasteiger partial charge >= 0.3 is 0 Å². The molecule has 6 rings (SSSR count). The van der Waals surface area contributed by atoms with Gasteiger partial charge in [-0.2, -0.15) is 0 Å². The van der Waals surface area contributed by atoms with Crippen molar-refractivity contribution in [3.8, 4) is 11.1 Å². The smallest absolute Gasteiger partial charge is 0.253 e. The lowest BCUT2D eigenvalue weighted by Crippen LogP contribution is -2.50. The number of fused-ring (bicyclic) bond motifs is 2. The van der Waals surface area contributed by atoms with Crippen molar-refractivity contribution >= 4 is 39.2 Å². The molecule has 38 heavy (non-hydrogen) atoms. The van der Waals surface area contributed by atoms with Crippen LogP contribution in [0.15, 0.2) is 73.4 Å². The van der Waals surface area contributed by atoms with Crippen LogP contribution in [0, 0.1) is 0 Å². The first kappa shape index (κ1) is 24.0. The molecule has 3 aromatic heterocycles. The van der Waals surface area contributed by atoms with E-state index in [1.54, 1.807) is 30.9 Å². The first-order valence-electron chi connectivity index (χ1n) is 12.7. The zero-order valence-electron chi connectivity index (χ0n) is 21.3. The van der Waals surface area contributed by atoms with Gasteiger partial charge in [0.05, 0.1) is 28.5 Å². The minimum absolute atomic E-state index is 0.0353. The maximum absolute atomic E-state index is 13.3. The van der Waals surface area contributed by atoms with E-state index in [0.717, 1.165) is 39.8 Å². The number of nitrogens with one attached hydrogen (secondary N) is 2. The lowest BCUT2D eigenvalue weighted by Gasteiger charge is -2.34. The van der Waals surface area contributed by atoms with E-state index in [1.165, 1.54) is 5.39 Å². The van der Waals surface area contributed by atoms with Crippen molar-refractivity contribution in [3.63, 3.8) is 0 Å². The van der Waals surface area contributed by atoms with Crippen LogP contribution in [0.2, 0.25) is 0 Å². The molecule has 0 radical (unpaired) electrons. The van der Waals surface area contributed by atoms with Crippen LogP contribution < -0.4 is 10.6 Å². The first-order chi connectivity index (χ1) is 18.5. The highest BCUT2D eigenvalue weighted by Crippen LogP contribution is 2.33. The number of hydrogen-bond acceptors (Lipinski definition) is 7. The van der Waals surface area contributed by atoms with E-state index in [0.29, 0.717) is 24.2 Å². The van der Waals surface area contributed by atoms with Gasteiger partial charge < -0.3 is 20.3 Å². The lowest BCUT2D eigenvalue weighted by atomic mass is 10.0. The van der Waals surface area contributed by atoms with Crippen molar-refractivity contribution in [1.82, 2.24) is 29.7 Å². The Morgan fingerprint density at radius 1 is 1.03 bits per heavy atom. The minimum Gasteiger partial charge on any atom is -0.378 e. The summed E-state index contributed by atoms with van der Waals surface area (Å²) in [6, 6.07) is 14.1. The summed E-state index contributed by atoms with van der Waals surface area (Å²) in [7, 11) is 3.89. The highest BCUT2D eigenvalue weighted by atomic mass is 16.3. The number of piperidine rings is 1. The molecule has 0 aliphatic carbocycles. The van der Waals surface area contributed by atoms with Crippen LogP contribution in [-0.4, -0.2) is 61.3 Å². The highest BCUT2D eigenvalue weighted by molar-refractivity contribution is 6.01. The van der Waals surface area contributed by atoms with Crippen molar-refractivity contribution < 1.29 is 9.90 Å². The fourth-order valence-corrected chi connectivity index (χ4v) is 5.16. The van der Waals surface area contributed by atoms with Crippen LogP contribution in [0.1, 0.15) is 23.2 Å². The average Bonchev–Trinajstić information content (AvgIpc) is 3.30. The number of likely N-dealkylation sites (N-methyl/N-ethyl adjacent to an activating group) is 1. The molecule has 5 aromatic rings. The second kappa shape index (κ2) is 9.85. The molecule has 1 saturated heterocycles. The number of amides is 1. The summed E-state index contributed by atoms with van der Waals surface area (Å²) >= 11 is 0. The van der Waals surface area contributed by atoms with E-state index in [4.69, 9.17) is 0 Å². The van der Waals surface area contributed by atoms with Crippen molar-refractivity contribution in [1.29, 1.82) is 0 Å². The molecule has 1 aliphatic rings. The molecule has 2 unspecified atom stereocenters. The van der Waals surface area contributed by atoms with Crippen molar-refractivity contribution in [3.05, 3.63) is 79.0 Å². The Morgan fingerprint density at radius 3 is 2.76 bits per heavy atom. The number of likely N-dealkylation sites (tertiary alicyclic amines) is 1. The lowest BCUT2D eigenvalue weighted by molar-refractivity contribution is -0.0158. The number of aromatic nitrogens is 4. The molecule has 192 valence electrons. The number of hydrogen-bond donors (Lipinski definition) is 3. The number of nitrogens with zero attached hydrogens (tertiary/aromatic N) is 5. The molecule has 2 atom stereocenters. The average molecular weight is 508 g/mol. The molecule has 0 spiro atoms. The van der Waals surface area contributed by atoms with E-state index >= 15 is 0 Å². The number of anilines is 2. The van der Waals surface area contributed by atoms with Gasteiger partial charge in [0, 0.05) is 61.2 Å². The molecule has 3 N–H and O–H groups in total. The Bertz CT molecular complexity index is 1650. The highest BCUT2D eigenvalue weighted by Gasteiger charge is 2.26. The number of carbonyl (C=O) groups excluding carboxylic acids is 1. The molecule has 0 bridgehead atoms. The molecule has 1 aliphatic heterocycles. The summed E-state index contributed by atoms with van der Waals surface area (Å²) in [5, 5.41) is 17.7. The van der Waals surface area contributed by atoms with Crippen molar-refractivity contribution in [2.75, 3.05) is 18.9 Å². The normalized spacial score (nSPS) is 18.1. The third-order valence-electron chi connectivity index (χ3n) is 7.24. The van der Waals surface area contributed by atoms with Crippen LogP contribution in [0.5, 0.6) is 0 Å². The van der Waals surface area contributed by atoms with E-state index in [9.17, 15) is 9.90 Å². The van der Waals surface area contributed by atoms with Crippen LogP contribution in [0.25, 0.3) is 33.1 Å². The van der Waals surface area contributed by atoms with Gasteiger partial charge in [-0.25, -0.2) is 0 Å². The maximum Gasteiger partial charge on any atom is 0.253 e. The second-order valence-electron chi connectivity index (χ2n) is 9.86. The number of rotatable bonds is 5. The maximum atomic E-state index is 13.3. The SMILES string of the molecule is CN1CC(NC(=O)c2ccncc2Nc2cc(-c3ccc4ccn(C)c4c3)c3nccnc3c2)CCC1O. The standard InChI is InChI=1S/C29H29N7O2/c1-35-12-8-18-3-4-19(13-26(18)35)23-14-21(15-24-28(23)32-11-10-31-24)33-25-16-30-9-7-22(25)29(38)34-20-5-6-27(37)36(2)17-20/h3-4,7-16,20,27,33,37H,5-6,17H2,1-2H3,(H,34,38). The van der Waals surface area contributed by atoms with E-state index in [1.807, 2.05) is 37.3 Å². The van der Waals surface area contributed by atoms with Crippen LogP contribution in [-0.2, 0) is 7.05 Å². The molecule has 1 amide bonds. The van der Waals surface area contributed by atoms with Gasteiger partial charge in [-0.1, -0.05) is 12.1 Å². The molecular weight excluding hydrogens is 478 g/mol. The summed E-state index contributed by atoms with van der Waals surface area (Å²) in [6.45, 7) is 0.596. The molecule has 9 nitrogen and oxygen atoms in total. The number of pyridine rings is 1. The summed E-state index contributed by atoms with van der Waals surface area (Å²) in [6.07, 6.45) is 9.58. The molecule has 2 aromatic carbocycles. The van der Waals surface area contributed by atoms with Gasteiger partial charge in [0.2, 0.25) is 0 Å². The van der Waals surface area contributed by atoms with E-state index < -0.39 is 6.23 Å². The Balaban J connectivity index is 1.34. The number of benzene rings is 2. The van der Waals surface area contributed by atoms with Crippen LogP contribution in [0.4, 0.5) is 11.4 Å². The van der Waals surface area contributed by atoms with Gasteiger partial charge in [0.25, 0.3) is 5.91 Å². The number of aryl methyl sites for hydroxylation is 1. The minimum atomic E-state index is -0.464. The summed E-state index contributed by atoms with van der Waals surface area (Å²) in [5.41, 5.74) is 6.53. The van der Waals surface area contributed by atoms with Crippen molar-refractivity contribution in [2.24, 2.45) is 7.05 Å². The monoisotopic (exact) mass is 507 g/mol. The van der Waals surface area contributed by atoms with Crippen LogP contribution in [0.3, 0.4) is 0 Å². The molecule has 0 saturated carbocycles. The molecular formula is C29H29N7O2. The second-order valence-corrected chi connectivity index (χ2v) is 9.86. The topological polar surface area (TPSA) is 108 Å². The van der Waals surface area contributed by atoms with E-state index in [2.05, 4.69) is 54.4 Å². The predicted octanol–water partition coefficient (Wildman–Crippen LogP) is 4.07. The fraction of sp³-hybridized carbons (Fsp3) is 0.241. The fourth-order valence-electron chi connectivity index (χ4n) is 5.16. The Labute approximate surface area is 220 Å². The molecule has 1 fully saturated rings. The number of carbonyl (C=O) groups is 1. The largest absolute Gasteiger partial charge is 0.378 e. The Morgan fingerprint density at radius 2 is 1.89 bits per heavy atom. The number of aliphatic hydroxyl groups excluding tert-OH is 1. The van der Waals surface area contributed by atoms with Gasteiger partial charge in [-0.05, 0) is 61.2 Å². The predicted molar refractivity (Wildman–Crippen MR) is 148 cm³/mol. The Kier molecular flexibility index (Phi) is 6.22. The molecule has 4 heterocycles.